The fraction of sp³-hybridized carbons (Fsp3) is 0.617. The molecule has 0 fully saturated rings. The van der Waals surface area contributed by atoms with Gasteiger partial charge >= 0.3 is 0 Å². The predicted octanol–water partition coefficient (Wildman–Crippen LogP) is -3.47. The van der Waals surface area contributed by atoms with Crippen LogP contribution in [-0.2, 0) is 25.5 Å². The molecule has 14 N–H and O–H groups in total. The zero-order valence-corrected chi connectivity index (χ0v) is 42.3. The zero-order valence-electron chi connectivity index (χ0n) is 42.3. The number of benzene rings is 2. The second-order valence-electron chi connectivity index (χ2n) is 16.3. The van der Waals surface area contributed by atoms with E-state index in [9.17, 15) is 79.8 Å². The van der Waals surface area contributed by atoms with Gasteiger partial charge in [0.2, 0.25) is 0 Å². The number of aliphatic hydroxyl groups excluding tert-OH is 10. The van der Waals surface area contributed by atoms with E-state index >= 15 is 0 Å². The molecule has 6 atom stereocenters. The summed E-state index contributed by atoms with van der Waals surface area (Å²) in [5.74, 6) is -5.03. The molecule has 0 saturated heterocycles. The van der Waals surface area contributed by atoms with Gasteiger partial charge in [-0.3, -0.25) is 28.8 Å². The minimum absolute atomic E-state index is 0.0118. The zero-order chi connectivity index (χ0) is 54.4. The predicted molar refractivity (Wildman–Crippen MR) is 259 cm³/mol. The van der Waals surface area contributed by atoms with Crippen molar-refractivity contribution >= 4 is 46.8 Å². The number of carbonyl (C=O) groups is 6. The van der Waals surface area contributed by atoms with Crippen molar-refractivity contribution < 1.29 is 89.3 Å². The van der Waals surface area contributed by atoms with E-state index in [1.165, 1.54) is 48.8 Å². The van der Waals surface area contributed by atoms with E-state index in [-0.39, 0.29) is 73.4 Å². The monoisotopic (exact) mass is 1010 g/mol. The minimum atomic E-state index is -1.97. The number of aliphatic hydroxyl groups is 10. The third kappa shape index (κ3) is 16.9. The molecule has 6 unspecified atom stereocenters. The highest BCUT2D eigenvalue weighted by molar-refractivity contribution is 6.10. The Bertz CT molecular complexity index is 2070. The summed E-state index contributed by atoms with van der Waals surface area (Å²) in [7, 11) is 2.41. The van der Waals surface area contributed by atoms with Crippen LogP contribution >= 0.6 is 0 Å². The van der Waals surface area contributed by atoms with Crippen LogP contribution in [0.15, 0.2) is 0 Å². The molecule has 2 aromatic rings. The Balaban J connectivity index is 0.0000124. The number of hydrogen-bond donors (Lipinski definition) is 14. The van der Waals surface area contributed by atoms with E-state index in [1.807, 2.05) is 13.8 Å². The average Bonchev–Trinajstić information content (AvgIpc) is 3.34. The normalized spacial score (nSPS) is 13.6. The SMILES string of the molecule is CC.CCc1c(C(=O)NCC(O)CO)c(C)c(C(=O)NCC(O)CO)c(C)c1N(CC(O)C(O)CN(C(=O)COC)c1c(C)c(C(=O)NCC(O)CO)c(C)c(C(=O)NCC(O)CO)c1C)C(=O)COC. The van der Waals surface area contributed by atoms with Crippen molar-refractivity contribution in [3.05, 3.63) is 55.6 Å². The molecule has 0 saturated carbocycles. The van der Waals surface area contributed by atoms with Gasteiger partial charge in [-0.25, -0.2) is 0 Å². The lowest BCUT2D eigenvalue weighted by molar-refractivity contribution is -0.124. The van der Waals surface area contributed by atoms with Gasteiger partial charge in [0.15, 0.2) is 0 Å². The minimum Gasteiger partial charge on any atom is -0.394 e. The maximum absolute atomic E-state index is 14.1. The van der Waals surface area contributed by atoms with Gasteiger partial charge in [-0.15, -0.1) is 0 Å². The lowest BCUT2D eigenvalue weighted by atomic mass is 9.87. The number of rotatable bonds is 28. The largest absolute Gasteiger partial charge is 0.394 e. The summed E-state index contributed by atoms with van der Waals surface area (Å²) in [4.78, 5) is 85.6. The molecule has 0 aromatic heterocycles. The van der Waals surface area contributed by atoms with Crippen molar-refractivity contribution in [1.29, 1.82) is 0 Å². The van der Waals surface area contributed by atoms with E-state index in [0.29, 0.717) is 0 Å². The third-order valence-electron chi connectivity index (χ3n) is 11.2. The van der Waals surface area contributed by atoms with Gasteiger partial charge in [0, 0.05) is 62.7 Å². The fourth-order valence-electron chi connectivity index (χ4n) is 7.85. The highest BCUT2D eigenvalue weighted by atomic mass is 16.5. The molecule has 24 heteroatoms. The smallest absolute Gasteiger partial charge is 0.253 e. The Kier molecular flexibility index (Phi) is 28.1. The standard InChI is InChI=1S/C45H70N6O18.C2H6/c1-9-31-39(45(67)49-13-30(59)19-55)23(3)38(44(66)48-12-29(58)18-54)26(6)41(31)51(35(63)21-69-8)15-33(61)32(60)14-50(34(62)20-68-7)40-24(4)36(42(64)46-10-27(56)16-52)22(2)37(25(40)5)43(65)47-11-28(57)17-53;1-2/h27-30,32-33,52-61H,9-21H2,1-8H3,(H,46,64)(H,47,65)(H,48,66)(H,49,67);1-2H3. The van der Waals surface area contributed by atoms with Crippen LogP contribution in [0.5, 0.6) is 0 Å². The van der Waals surface area contributed by atoms with Crippen LogP contribution in [0, 0.1) is 34.6 Å². The molecule has 0 aliphatic heterocycles. The first-order chi connectivity index (χ1) is 33.5. The second kappa shape index (κ2) is 31.3. The highest BCUT2D eigenvalue weighted by Gasteiger charge is 2.36. The van der Waals surface area contributed by atoms with Gasteiger partial charge in [-0.05, 0) is 74.4 Å². The molecule has 6 amide bonds. The van der Waals surface area contributed by atoms with E-state index in [2.05, 4.69) is 21.3 Å². The van der Waals surface area contributed by atoms with Crippen molar-refractivity contribution in [2.24, 2.45) is 0 Å². The van der Waals surface area contributed by atoms with Gasteiger partial charge in [0.05, 0.1) is 87.5 Å². The molecule has 0 aliphatic carbocycles. The quantitative estimate of drug-likeness (QED) is 0.0394. The molecule has 2 aromatic carbocycles. The van der Waals surface area contributed by atoms with Crippen molar-refractivity contribution in [2.75, 3.05) is 103 Å². The molecule has 24 nitrogen and oxygen atoms in total. The molecule has 0 aliphatic rings. The number of nitrogens with zero attached hydrogens (tertiary/aromatic N) is 2. The Morgan fingerprint density at radius 2 is 0.732 bits per heavy atom. The molecule has 0 bridgehead atoms. The number of carbonyl (C=O) groups excluding carboxylic acids is 6. The first kappa shape index (κ1) is 63.8. The average molecular weight is 1010 g/mol. The molecule has 0 heterocycles. The summed E-state index contributed by atoms with van der Waals surface area (Å²) in [6.45, 7) is 5.54. The highest BCUT2D eigenvalue weighted by Crippen LogP contribution is 2.37. The summed E-state index contributed by atoms with van der Waals surface area (Å²) >= 11 is 0. The van der Waals surface area contributed by atoms with Crippen molar-refractivity contribution in [3.63, 3.8) is 0 Å². The van der Waals surface area contributed by atoms with Crippen molar-refractivity contribution in [1.82, 2.24) is 21.3 Å². The van der Waals surface area contributed by atoms with Gasteiger partial charge in [-0.2, -0.15) is 0 Å². The molecule has 0 spiro atoms. The molecular weight excluding hydrogens is 937 g/mol. The summed E-state index contributed by atoms with van der Waals surface area (Å²) in [5.41, 5.74) is -0.166. The molecule has 2 rings (SSSR count). The number of nitrogens with one attached hydrogen (secondary N) is 4. The number of hydrogen-bond acceptors (Lipinski definition) is 18. The first-order valence-electron chi connectivity index (χ1n) is 23.1. The van der Waals surface area contributed by atoms with Crippen LogP contribution < -0.4 is 31.1 Å². The molecular formula is C47H76N6O18. The van der Waals surface area contributed by atoms with E-state index in [1.54, 1.807) is 6.92 Å². The Morgan fingerprint density at radius 3 is 1.01 bits per heavy atom. The van der Waals surface area contributed by atoms with Crippen LogP contribution in [0.3, 0.4) is 0 Å². The maximum atomic E-state index is 14.1. The summed E-state index contributed by atoms with van der Waals surface area (Å²) in [6.07, 6.45) is -9.40. The lowest BCUT2D eigenvalue weighted by Gasteiger charge is -2.35. The summed E-state index contributed by atoms with van der Waals surface area (Å²) in [6, 6.07) is 0. The van der Waals surface area contributed by atoms with Crippen LogP contribution in [0.1, 0.15) is 95.6 Å². The summed E-state index contributed by atoms with van der Waals surface area (Å²) < 4.78 is 10.3. The maximum Gasteiger partial charge on any atom is 0.253 e. The Labute approximate surface area is 413 Å². The molecule has 402 valence electrons. The van der Waals surface area contributed by atoms with Gasteiger partial charge < -0.3 is 91.6 Å². The topological polar surface area (TPSA) is 378 Å². The third-order valence-corrected chi connectivity index (χ3v) is 11.2. The number of ether oxygens (including phenoxy) is 2. The number of amides is 6. The van der Waals surface area contributed by atoms with Gasteiger partial charge in [0.1, 0.15) is 13.2 Å². The van der Waals surface area contributed by atoms with E-state index in [0.717, 1.165) is 9.80 Å². The van der Waals surface area contributed by atoms with Crippen molar-refractivity contribution in [3.8, 4) is 0 Å². The van der Waals surface area contributed by atoms with Crippen LogP contribution in [0.25, 0.3) is 0 Å². The number of anilines is 2. The lowest BCUT2D eigenvalue weighted by Crippen LogP contribution is -2.50. The molecule has 71 heavy (non-hydrogen) atoms. The first-order valence-corrected chi connectivity index (χ1v) is 23.1. The van der Waals surface area contributed by atoms with E-state index < -0.39 is 151 Å². The van der Waals surface area contributed by atoms with E-state index in [4.69, 9.17) is 9.47 Å². The van der Waals surface area contributed by atoms with Gasteiger partial charge in [0.25, 0.3) is 35.4 Å². The molecule has 0 radical (unpaired) electrons. The summed E-state index contributed by atoms with van der Waals surface area (Å²) in [5, 5.41) is 111. The number of methoxy groups -OCH3 is 2. The van der Waals surface area contributed by atoms with Crippen LogP contribution in [0.2, 0.25) is 0 Å². The van der Waals surface area contributed by atoms with Crippen LogP contribution in [-0.4, -0.2) is 216 Å². The van der Waals surface area contributed by atoms with Crippen LogP contribution in [0.4, 0.5) is 11.4 Å². The Hall–Kier alpha value is -5.22. The fourth-order valence-corrected chi connectivity index (χ4v) is 7.85. The van der Waals surface area contributed by atoms with Gasteiger partial charge in [-0.1, -0.05) is 20.8 Å². The second-order valence-corrected chi connectivity index (χ2v) is 16.3. The Morgan fingerprint density at radius 1 is 0.465 bits per heavy atom. The van der Waals surface area contributed by atoms with Crippen molar-refractivity contribution in [2.45, 2.75) is 98.4 Å².